The van der Waals surface area contributed by atoms with Gasteiger partial charge in [0, 0.05) is 46.7 Å². The lowest BCUT2D eigenvalue weighted by molar-refractivity contribution is 0.0953. The highest BCUT2D eigenvalue weighted by Gasteiger charge is 2.11. The monoisotopic (exact) mass is 311 g/mol. The Labute approximate surface area is 129 Å². The minimum absolute atomic E-state index is 0.0891. The molecule has 6 heteroatoms. The zero-order chi connectivity index (χ0) is 15.8. The van der Waals surface area contributed by atoms with E-state index in [1.54, 1.807) is 12.3 Å². The largest absolute Gasteiger partial charge is 0.370 e. The van der Waals surface area contributed by atoms with Crippen LogP contribution >= 0.6 is 0 Å². The Bertz CT molecular complexity index is 506. The summed E-state index contributed by atoms with van der Waals surface area (Å²) in [4.78, 5) is 16.6. The predicted octanol–water partition coefficient (Wildman–Crippen LogP) is 1.96. The van der Waals surface area contributed by atoms with Crippen LogP contribution in [0.3, 0.4) is 0 Å². The van der Waals surface area contributed by atoms with Gasteiger partial charge in [-0.3, -0.25) is 9.00 Å². The molecule has 2 unspecified atom stereocenters. The molecule has 0 aliphatic heterocycles. The van der Waals surface area contributed by atoms with Crippen molar-refractivity contribution in [2.75, 3.05) is 24.7 Å². The van der Waals surface area contributed by atoms with Crippen molar-refractivity contribution in [2.24, 2.45) is 0 Å². The highest BCUT2D eigenvalue weighted by molar-refractivity contribution is 7.84. The lowest BCUT2D eigenvalue weighted by Crippen LogP contribution is -2.27. The molecule has 118 valence electrons. The molecule has 1 aromatic heterocycles. The fourth-order valence-corrected chi connectivity index (χ4v) is 2.28. The quantitative estimate of drug-likeness (QED) is 0.770. The maximum Gasteiger partial charge on any atom is 0.251 e. The Kier molecular flexibility index (Phi) is 7.36. The number of aryl methyl sites for hydroxylation is 1. The number of amides is 1. The van der Waals surface area contributed by atoms with Crippen molar-refractivity contribution in [1.82, 2.24) is 10.3 Å². The van der Waals surface area contributed by atoms with Crippen LogP contribution in [0.1, 0.15) is 43.2 Å². The third-order valence-corrected chi connectivity index (χ3v) is 4.63. The van der Waals surface area contributed by atoms with Crippen LogP contribution in [0.2, 0.25) is 0 Å². The van der Waals surface area contributed by atoms with Gasteiger partial charge in [0.2, 0.25) is 0 Å². The normalized spacial score (nSPS) is 13.5. The molecule has 2 atom stereocenters. The maximum atomic E-state index is 12.2. The minimum atomic E-state index is -0.852. The van der Waals surface area contributed by atoms with Gasteiger partial charge in [-0.25, -0.2) is 4.98 Å². The number of anilines is 1. The fraction of sp³-hybridized carbons (Fsp3) is 0.600. The number of rotatable bonds is 8. The first kappa shape index (κ1) is 17.6. The number of aromatic nitrogens is 1. The molecule has 0 bridgehead atoms. The number of hydrogen-bond acceptors (Lipinski definition) is 4. The molecule has 1 amide bonds. The molecule has 21 heavy (non-hydrogen) atoms. The third-order valence-electron chi connectivity index (χ3n) is 3.26. The van der Waals surface area contributed by atoms with Gasteiger partial charge in [-0.2, -0.15) is 0 Å². The average Bonchev–Trinajstić information content (AvgIpc) is 2.46. The maximum absolute atomic E-state index is 12.2. The Morgan fingerprint density at radius 3 is 2.67 bits per heavy atom. The number of nitrogens with zero attached hydrogens (tertiary/aromatic N) is 1. The minimum Gasteiger partial charge on any atom is -0.370 e. The number of nitrogens with one attached hydrogen (secondary N) is 2. The first-order chi connectivity index (χ1) is 9.97. The SMILES string of the molecule is CCNc1cc(C(=O)NCCC(C)S(C)=O)cc(CC)n1. The Balaban J connectivity index is 2.68. The van der Waals surface area contributed by atoms with Gasteiger partial charge >= 0.3 is 0 Å². The van der Waals surface area contributed by atoms with E-state index in [0.29, 0.717) is 18.5 Å². The molecule has 2 N–H and O–H groups in total. The molecular weight excluding hydrogens is 286 g/mol. The summed E-state index contributed by atoms with van der Waals surface area (Å²) in [5, 5.41) is 6.10. The molecule has 0 radical (unpaired) electrons. The molecule has 0 aromatic carbocycles. The second-order valence-electron chi connectivity index (χ2n) is 4.97. The van der Waals surface area contributed by atoms with Crippen LogP contribution in [-0.2, 0) is 17.2 Å². The number of pyridine rings is 1. The van der Waals surface area contributed by atoms with E-state index in [4.69, 9.17) is 0 Å². The van der Waals surface area contributed by atoms with Crippen LogP contribution in [0.4, 0.5) is 5.82 Å². The number of carbonyl (C=O) groups excluding carboxylic acids is 1. The summed E-state index contributed by atoms with van der Waals surface area (Å²) in [6.45, 7) is 7.22. The summed E-state index contributed by atoms with van der Waals surface area (Å²) in [7, 11) is -0.852. The van der Waals surface area contributed by atoms with Crippen molar-refractivity contribution >= 4 is 22.5 Å². The second-order valence-corrected chi connectivity index (χ2v) is 6.77. The summed E-state index contributed by atoms with van der Waals surface area (Å²) in [6, 6.07) is 3.58. The summed E-state index contributed by atoms with van der Waals surface area (Å²) in [5.74, 6) is 0.616. The second kappa shape index (κ2) is 8.77. The van der Waals surface area contributed by atoms with Gasteiger partial charge in [-0.1, -0.05) is 13.8 Å². The van der Waals surface area contributed by atoms with Crippen molar-refractivity contribution in [3.63, 3.8) is 0 Å². The van der Waals surface area contributed by atoms with Crippen molar-refractivity contribution in [2.45, 2.75) is 38.9 Å². The lowest BCUT2D eigenvalue weighted by Gasteiger charge is -2.11. The molecule has 0 saturated heterocycles. The van der Waals surface area contributed by atoms with Crippen LogP contribution in [0.5, 0.6) is 0 Å². The van der Waals surface area contributed by atoms with Crippen molar-refractivity contribution in [1.29, 1.82) is 0 Å². The first-order valence-electron chi connectivity index (χ1n) is 7.33. The molecule has 0 aliphatic carbocycles. The van der Waals surface area contributed by atoms with E-state index >= 15 is 0 Å². The number of carbonyl (C=O) groups is 1. The molecule has 0 spiro atoms. The van der Waals surface area contributed by atoms with Crippen LogP contribution in [0.15, 0.2) is 12.1 Å². The lowest BCUT2D eigenvalue weighted by atomic mass is 10.1. The molecule has 1 heterocycles. The Morgan fingerprint density at radius 2 is 2.10 bits per heavy atom. The van der Waals surface area contributed by atoms with Crippen molar-refractivity contribution in [3.05, 3.63) is 23.4 Å². The summed E-state index contributed by atoms with van der Waals surface area (Å²) in [6.07, 6.45) is 3.18. The first-order valence-corrected chi connectivity index (χ1v) is 8.95. The zero-order valence-corrected chi connectivity index (χ0v) is 14.0. The van der Waals surface area contributed by atoms with Gasteiger partial charge in [0.25, 0.3) is 5.91 Å². The summed E-state index contributed by atoms with van der Waals surface area (Å²) >= 11 is 0. The van der Waals surface area contributed by atoms with E-state index in [9.17, 15) is 9.00 Å². The summed E-state index contributed by atoms with van der Waals surface area (Å²) in [5.41, 5.74) is 1.50. The molecule has 1 rings (SSSR count). The van der Waals surface area contributed by atoms with Gasteiger partial charge in [0.15, 0.2) is 0 Å². The van der Waals surface area contributed by atoms with Crippen LogP contribution < -0.4 is 10.6 Å². The number of hydrogen-bond donors (Lipinski definition) is 2. The zero-order valence-electron chi connectivity index (χ0n) is 13.2. The van der Waals surface area contributed by atoms with E-state index in [0.717, 1.165) is 24.5 Å². The predicted molar refractivity (Wildman–Crippen MR) is 88.3 cm³/mol. The topological polar surface area (TPSA) is 71.1 Å². The van der Waals surface area contributed by atoms with Crippen molar-refractivity contribution in [3.8, 4) is 0 Å². The molecule has 0 fully saturated rings. The van der Waals surface area contributed by atoms with Gasteiger partial charge in [0.1, 0.15) is 5.82 Å². The van der Waals surface area contributed by atoms with E-state index in [-0.39, 0.29) is 11.2 Å². The van der Waals surface area contributed by atoms with E-state index in [1.165, 1.54) is 0 Å². The molecule has 5 nitrogen and oxygen atoms in total. The third kappa shape index (κ3) is 5.83. The summed E-state index contributed by atoms with van der Waals surface area (Å²) < 4.78 is 11.3. The van der Waals surface area contributed by atoms with E-state index in [1.807, 2.05) is 26.8 Å². The Morgan fingerprint density at radius 1 is 1.38 bits per heavy atom. The van der Waals surface area contributed by atoms with Gasteiger partial charge in [0.05, 0.1) is 0 Å². The van der Waals surface area contributed by atoms with Crippen LogP contribution in [0, 0.1) is 0 Å². The highest BCUT2D eigenvalue weighted by Crippen LogP contribution is 2.11. The molecular formula is C15H25N3O2S. The smallest absolute Gasteiger partial charge is 0.251 e. The Hall–Kier alpha value is -1.43. The molecule has 0 saturated carbocycles. The van der Waals surface area contributed by atoms with Crippen LogP contribution in [-0.4, -0.2) is 39.7 Å². The molecule has 0 aliphatic rings. The van der Waals surface area contributed by atoms with Gasteiger partial charge in [-0.15, -0.1) is 0 Å². The highest BCUT2D eigenvalue weighted by atomic mass is 32.2. The van der Waals surface area contributed by atoms with Gasteiger partial charge < -0.3 is 10.6 Å². The standard InChI is InChI=1S/C15H25N3O2S/c1-5-13-9-12(10-14(18-13)16-6-2)15(19)17-8-7-11(3)21(4)20/h9-11H,5-8H2,1-4H3,(H,16,18)(H,17,19). The van der Waals surface area contributed by atoms with Crippen molar-refractivity contribution < 1.29 is 9.00 Å². The van der Waals surface area contributed by atoms with E-state index < -0.39 is 10.8 Å². The van der Waals surface area contributed by atoms with Gasteiger partial charge in [-0.05, 0) is 31.9 Å². The fourth-order valence-electron chi connectivity index (χ4n) is 1.83. The average molecular weight is 311 g/mol. The molecule has 1 aromatic rings. The van der Waals surface area contributed by atoms with Crippen LogP contribution in [0.25, 0.3) is 0 Å². The van der Waals surface area contributed by atoms with E-state index in [2.05, 4.69) is 15.6 Å².